The van der Waals surface area contributed by atoms with E-state index in [0.717, 1.165) is 32.0 Å². The lowest BCUT2D eigenvalue weighted by molar-refractivity contribution is -0.146. The van der Waals surface area contributed by atoms with Crippen LogP contribution in [0.5, 0.6) is 0 Å². The van der Waals surface area contributed by atoms with Crippen LogP contribution in [0, 0.1) is 5.92 Å². The van der Waals surface area contributed by atoms with Crippen LogP contribution in [-0.2, 0) is 9.47 Å². The largest absolute Gasteiger partial charge is 0.375 e. The van der Waals surface area contributed by atoms with Gasteiger partial charge in [-0.05, 0) is 19.3 Å². The Morgan fingerprint density at radius 2 is 2.12 bits per heavy atom. The molecule has 1 spiro atoms. The van der Waals surface area contributed by atoms with Gasteiger partial charge >= 0.3 is 0 Å². The second kappa shape index (κ2) is 4.87. The van der Waals surface area contributed by atoms with Gasteiger partial charge < -0.3 is 14.8 Å². The zero-order valence-corrected chi connectivity index (χ0v) is 10.9. The summed E-state index contributed by atoms with van der Waals surface area (Å²) < 4.78 is 12.1. The number of hydrogen-bond acceptors (Lipinski definition) is 3. The predicted molar refractivity (Wildman–Crippen MR) is 67.1 cm³/mol. The van der Waals surface area contributed by atoms with Crippen LogP contribution in [0.3, 0.4) is 0 Å². The van der Waals surface area contributed by atoms with Crippen LogP contribution in [0.2, 0.25) is 0 Å². The van der Waals surface area contributed by atoms with E-state index in [1.54, 1.807) is 0 Å². The van der Waals surface area contributed by atoms with E-state index < -0.39 is 0 Å². The highest BCUT2D eigenvalue weighted by atomic mass is 16.6. The molecule has 3 unspecified atom stereocenters. The SMILES string of the molecule is CC1OCCC12CNCC(CC1CCCC1)O2. The van der Waals surface area contributed by atoms with Crippen LogP contribution in [0.25, 0.3) is 0 Å². The van der Waals surface area contributed by atoms with E-state index in [1.807, 2.05) is 0 Å². The standard InChI is InChI=1S/C14H25NO2/c1-11-14(6-7-16-11)10-15-9-13(17-14)8-12-4-2-3-5-12/h11-13,15H,2-10H2,1H3. The number of morpholine rings is 1. The van der Waals surface area contributed by atoms with E-state index in [1.165, 1.54) is 32.1 Å². The Kier molecular flexibility index (Phi) is 3.42. The number of hydrogen-bond donors (Lipinski definition) is 1. The first kappa shape index (κ1) is 11.9. The second-order valence-electron chi connectivity index (χ2n) is 6.08. The first-order valence-corrected chi connectivity index (χ1v) is 7.29. The first-order chi connectivity index (χ1) is 8.28. The lowest BCUT2D eigenvalue weighted by atomic mass is 9.92. The summed E-state index contributed by atoms with van der Waals surface area (Å²) in [5.74, 6) is 0.912. The molecule has 2 heterocycles. The Hall–Kier alpha value is -0.120. The number of rotatable bonds is 2. The van der Waals surface area contributed by atoms with Crippen molar-refractivity contribution < 1.29 is 9.47 Å². The Labute approximate surface area is 104 Å². The van der Waals surface area contributed by atoms with Gasteiger partial charge in [0.05, 0.1) is 12.2 Å². The molecule has 98 valence electrons. The molecule has 1 saturated carbocycles. The van der Waals surface area contributed by atoms with Crippen molar-refractivity contribution in [2.75, 3.05) is 19.7 Å². The van der Waals surface area contributed by atoms with Gasteiger partial charge in [0.2, 0.25) is 0 Å². The number of nitrogens with one attached hydrogen (secondary N) is 1. The molecule has 3 fully saturated rings. The van der Waals surface area contributed by atoms with E-state index in [2.05, 4.69) is 12.2 Å². The molecule has 0 bridgehead atoms. The van der Waals surface area contributed by atoms with Gasteiger partial charge in [0.15, 0.2) is 0 Å². The lowest BCUT2D eigenvalue weighted by Gasteiger charge is -2.41. The van der Waals surface area contributed by atoms with E-state index in [-0.39, 0.29) is 11.7 Å². The molecule has 3 rings (SSSR count). The van der Waals surface area contributed by atoms with E-state index in [4.69, 9.17) is 9.47 Å². The minimum absolute atomic E-state index is 0.0263. The van der Waals surface area contributed by atoms with Crippen molar-refractivity contribution in [1.29, 1.82) is 0 Å². The van der Waals surface area contributed by atoms with Crippen molar-refractivity contribution >= 4 is 0 Å². The van der Waals surface area contributed by atoms with Crippen LogP contribution in [-0.4, -0.2) is 37.5 Å². The summed E-state index contributed by atoms with van der Waals surface area (Å²) in [4.78, 5) is 0. The van der Waals surface area contributed by atoms with Crippen molar-refractivity contribution in [3.05, 3.63) is 0 Å². The molecule has 1 N–H and O–H groups in total. The van der Waals surface area contributed by atoms with Crippen LogP contribution in [0.1, 0.15) is 45.4 Å². The Morgan fingerprint density at radius 3 is 2.82 bits per heavy atom. The maximum atomic E-state index is 6.42. The highest BCUT2D eigenvalue weighted by Gasteiger charge is 2.46. The third kappa shape index (κ3) is 2.38. The first-order valence-electron chi connectivity index (χ1n) is 7.29. The average molecular weight is 239 g/mol. The monoisotopic (exact) mass is 239 g/mol. The Morgan fingerprint density at radius 1 is 1.29 bits per heavy atom. The molecule has 17 heavy (non-hydrogen) atoms. The third-order valence-electron chi connectivity index (χ3n) is 4.90. The smallest absolute Gasteiger partial charge is 0.109 e. The van der Waals surface area contributed by atoms with Crippen LogP contribution < -0.4 is 5.32 Å². The minimum Gasteiger partial charge on any atom is -0.375 e. The van der Waals surface area contributed by atoms with Crippen molar-refractivity contribution in [3.8, 4) is 0 Å². The van der Waals surface area contributed by atoms with Crippen molar-refractivity contribution in [2.45, 2.75) is 63.3 Å². The summed E-state index contributed by atoms with van der Waals surface area (Å²) in [5.41, 5.74) is -0.0263. The summed E-state index contributed by atoms with van der Waals surface area (Å²) in [6, 6.07) is 0. The van der Waals surface area contributed by atoms with Gasteiger partial charge in [0.25, 0.3) is 0 Å². The quantitative estimate of drug-likeness (QED) is 0.800. The van der Waals surface area contributed by atoms with Crippen LogP contribution in [0.4, 0.5) is 0 Å². The third-order valence-corrected chi connectivity index (χ3v) is 4.90. The topological polar surface area (TPSA) is 30.5 Å². The second-order valence-corrected chi connectivity index (χ2v) is 6.08. The van der Waals surface area contributed by atoms with Gasteiger partial charge in [-0.15, -0.1) is 0 Å². The van der Waals surface area contributed by atoms with Gasteiger partial charge in [-0.1, -0.05) is 25.7 Å². The summed E-state index contributed by atoms with van der Waals surface area (Å²) in [6.07, 6.45) is 8.66. The fourth-order valence-electron chi connectivity index (χ4n) is 3.76. The molecule has 0 radical (unpaired) electrons. The summed E-state index contributed by atoms with van der Waals surface area (Å²) in [6.45, 7) is 5.02. The summed E-state index contributed by atoms with van der Waals surface area (Å²) in [7, 11) is 0. The summed E-state index contributed by atoms with van der Waals surface area (Å²) in [5, 5.41) is 3.57. The highest BCUT2D eigenvalue weighted by Crippen LogP contribution is 2.36. The molecular formula is C14H25NO2. The van der Waals surface area contributed by atoms with Gasteiger partial charge in [0, 0.05) is 26.1 Å². The van der Waals surface area contributed by atoms with Gasteiger partial charge in [-0.25, -0.2) is 0 Å². The minimum atomic E-state index is -0.0263. The fourth-order valence-corrected chi connectivity index (χ4v) is 3.76. The van der Waals surface area contributed by atoms with Crippen LogP contribution >= 0.6 is 0 Å². The van der Waals surface area contributed by atoms with E-state index in [9.17, 15) is 0 Å². The zero-order chi connectivity index (χ0) is 11.7. The molecule has 3 atom stereocenters. The van der Waals surface area contributed by atoms with E-state index in [0.29, 0.717) is 6.10 Å². The molecule has 2 aliphatic heterocycles. The number of ether oxygens (including phenoxy) is 2. The molecule has 0 aromatic rings. The Balaban J connectivity index is 1.59. The Bertz CT molecular complexity index is 265. The predicted octanol–water partition coefficient (Wildman–Crippen LogP) is 2.10. The van der Waals surface area contributed by atoms with Gasteiger partial charge in [-0.2, -0.15) is 0 Å². The van der Waals surface area contributed by atoms with Gasteiger partial charge in [-0.3, -0.25) is 0 Å². The average Bonchev–Trinajstić information content (AvgIpc) is 2.92. The van der Waals surface area contributed by atoms with Crippen molar-refractivity contribution in [2.24, 2.45) is 5.92 Å². The normalized spacial score (nSPS) is 43.6. The molecule has 3 aliphatic rings. The molecule has 0 amide bonds. The fraction of sp³-hybridized carbons (Fsp3) is 1.00. The highest BCUT2D eigenvalue weighted by molar-refractivity contribution is 4.97. The molecular weight excluding hydrogens is 214 g/mol. The molecule has 0 aromatic carbocycles. The van der Waals surface area contributed by atoms with Gasteiger partial charge in [0.1, 0.15) is 5.60 Å². The molecule has 3 heteroatoms. The van der Waals surface area contributed by atoms with Crippen molar-refractivity contribution in [3.63, 3.8) is 0 Å². The van der Waals surface area contributed by atoms with Crippen molar-refractivity contribution in [1.82, 2.24) is 5.32 Å². The maximum absolute atomic E-state index is 6.42. The zero-order valence-electron chi connectivity index (χ0n) is 10.9. The molecule has 2 saturated heterocycles. The summed E-state index contributed by atoms with van der Waals surface area (Å²) >= 11 is 0. The molecule has 1 aliphatic carbocycles. The maximum Gasteiger partial charge on any atom is 0.109 e. The van der Waals surface area contributed by atoms with Crippen LogP contribution in [0.15, 0.2) is 0 Å². The molecule has 3 nitrogen and oxygen atoms in total. The molecule has 0 aromatic heterocycles. The lowest BCUT2D eigenvalue weighted by Crippen LogP contribution is -2.57. The van der Waals surface area contributed by atoms with E-state index >= 15 is 0 Å².